The third kappa shape index (κ3) is 5.40. The van der Waals surface area contributed by atoms with Gasteiger partial charge in [0.2, 0.25) is 11.8 Å². The largest absolute Gasteiger partial charge is 0.392 e. The lowest BCUT2D eigenvalue weighted by molar-refractivity contribution is -0.144. The Balaban J connectivity index is 1.51. The molecular formula is C28H39N3O5S2. The fourth-order valence-corrected chi connectivity index (χ4v) is 9.08. The smallest absolute Gasteiger partial charge is 0.241 e. The molecule has 6 atom stereocenters. The molecule has 2 amide bonds. The minimum absolute atomic E-state index is 0.0627. The zero-order chi connectivity index (χ0) is 27.8. The predicted molar refractivity (Wildman–Crippen MR) is 149 cm³/mol. The molecule has 0 aliphatic heterocycles. The van der Waals surface area contributed by atoms with Crippen molar-refractivity contribution in [2.75, 3.05) is 24.2 Å². The molecule has 2 aliphatic carbocycles. The molecule has 1 heterocycles. The van der Waals surface area contributed by atoms with Crippen LogP contribution in [-0.4, -0.2) is 60.2 Å². The summed E-state index contributed by atoms with van der Waals surface area (Å²) in [6.07, 6.45) is 1.77. The van der Waals surface area contributed by atoms with Crippen LogP contribution in [0.4, 0.5) is 5.13 Å². The van der Waals surface area contributed by atoms with Crippen molar-refractivity contribution in [1.82, 2.24) is 9.88 Å². The standard InChI is InChI=1S/C28H39N3O5S2/c1-6-31(7-2)26(34)17(3)20-13-14-28(5)15-21-24(18(4)23(28)25(20)33)30-27(37-21)29-22(32)16-38(35,36)19-11-9-8-10-12-19/h8-12,17-18,20,23,25,33H,6-7,13-16H2,1-5H3,(H,29,30,32)/t17-,18-,20-,23+,25-,28+/m0/s1. The number of anilines is 1. The summed E-state index contributed by atoms with van der Waals surface area (Å²) >= 11 is 1.39. The van der Waals surface area contributed by atoms with E-state index in [2.05, 4.69) is 19.2 Å². The predicted octanol–water partition coefficient (Wildman–Crippen LogP) is 4.11. The fraction of sp³-hybridized carbons (Fsp3) is 0.607. The highest BCUT2D eigenvalue weighted by molar-refractivity contribution is 7.92. The molecule has 0 saturated heterocycles. The number of hydrogen-bond donors (Lipinski definition) is 2. The van der Waals surface area contributed by atoms with E-state index in [9.17, 15) is 23.1 Å². The van der Waals surface area contributed by atoms with Crippen LogP contribution >= 0.6 is 11.3 Å². The average Bonchev–Trinajstić information content (AvgIpc) is 3.26. The first-order chi connectivity index (χ1) is 17.9. The molecular weight excluding hydrogens is 522 g/mol. The highest BCUT2D eigenvalue weighted by Crippen LogP contribution is 2.57. The van der Waals surface area contributed by atoms with Gasteiger partial charge in [-0.2, -0.15) is 0 Å². The molecule has 1 aromatic heterocycles. The molecule has 208 valence electrons. The number of carbonyl (C=O) groups is 2. The summed E-state index contributed by atoms with van der Waals surface area (Å²) in [4.78, 5) is 33.4. The maximum Gasteiger partial charge on any atom is 0.241 e. The number of nitrogens with one attached hydrogen (secondary N) is 1. The zero-order valence-corrected chi connectivity index (χ0v) is 24.4. The topological polar surface area (TPSA) is 117 Å². The average molecular weight is 562 g/mol. The Morgan fingerprint density at radius 3 is 2.53 bits per heavy atom. The van der Waals surface area contributed by atoms with Crippen LogP contribution in [0.2, 0.25) is 0 Å². The van der Waals surface area contributed by atoms with Gasteiger partial charge in [-0.05, 0) is 62.5 Å². The van der Waals surface area contributed by atoms with Gasteiger partial charge in [-0.3, -0.25) is 9.59 Å². The van der Waals surface area contributed by atoms with E-state index >= 15 is 0 Å². The number of aliphatic hydroxyl groups is 1. The summed E-state index contributed by atoms with van der Waals surface area (Å²) in [5.74, 6) is -1.70. The summed E-state index contributed by atoms with van der Waals surface area (Å²) in [5.41, 5.74) is 0.700. The van der Waals surface area contributed by atoms with Crippen molar-refractivity contribution in [3.05, 3.63) is 40.9 Å². The van der Waals surface area contributed by atoms with E-state index in [0.29, 0.717) is 18.2 Å². The van der Waals surface area contributed by atoms with Crippen molar-refractivity contribution >= 4 is 38.1 Å². The molecule has 8 nitrogen and oxygen atoms in total. The van der Waals surface area contributed by atoms with Gasteiger partial charge in [-0.15, -0.1) is 11.3 Å². The van der Waals surface area contributed by atoms with E-state index < -0.39 is 27.6 Å². The second kappa shape index (κ2) is 11.1. The molecule has 4 rings (SSSR count). The van der Waals surface area contributed by atoms with Crippen molar-refractivity contribution in [3.63, 3.8) is 0 Å². The Labute approximate surface area is 229 Å². The van der Waals surface area contributed by atoms with E-state index in [0.717, 1.165) is 29.8 Å². The molecule has 0 unspecified atom stereocenters. The lowest BCUT2D eigenvalue weighted by atomic mass is 9.53. The molecule has 10 heteroatoms. The Bertz CT molecular complexity index is 1270. The number of aromatic nitrogens is 1. The summed E-state index contributed by atoms with van der Waals surface area (Å²) in [6.45, 7) is 11.5. The third-order valence-electron chi connectivity index (χ3n) is 8.70. The number of hydrogen-bond acceptors (Lipinski definition) is 7. The molecule has 0 bridgehead atoms. The second-order valence-electron chi connectivity index (χ2n) is 11.1. The first-order valence-electron chi connectivity index (χ1n) is 13.5. The van der Waals surface area contributed by atoms with Crippen molar-refractivity contribution < 1.29 is 23.1 Å². The van der Waals surface area contributed by atoms with Crippen molar-refractivity contribution in [3.8, 4) is 0 Å². The van der Waals surface area contributed by atoms with Gasteiger partial charge in [-0.1, -0.05) is 39.0 Å². The quantitative estimate of drug-likeness (QED) is 0.501. The number of amides is 2. The summed E-state index contributed by atoms with van der Waals surface area (Å²) in [5, 5.41) is 14.7. The lowest BCUT2D eigenvalue weighted by Gasteiger charge is -2.53. The van der Waals surface area contributed by atoms with Gasteiger partial charge in [0.05, 0.1) is 16.7 Å². The van der Waals surface area contributed by atoms with Crippen LogP contribution < -0.4 is 5.32 Å². The third-order valence-corrected chi connectivity index (χ3v) is 11.3. The van der Waals surface area contributed by atoms with E-state index in [1.165, 1.54) is 23.5 Å². The molecule has 0 radical (unpaired) electrons. The van der Waals surface area contributed by atoms with Gasteiger partial charge < -0.3 is 15.3 Å². The number of carbonyl (C=O) groups excluding carboxylic acids is 2. The number of fused-ring (bicyclic) bond motifs is 2. The summed E-state index contributed by atoms with van der Waals surface area (Å²) in [7, 11) is -3.76. The van der Waals surface area contributed by atoms with Gasteiger partial charge in [0.1, 0.15) is 5.75 Å². The Morgan fingerprint density at radius 1 is 1.24 bits per heavy atom. The molecule has 2 aromatic rings. The highest BCUT2D eigenvalue weighted by atomic mass is 32.2. The number of aliphatic hydroxyl groups excluding tert-OH is 1. The van der Waals surface area contributed by atoms with Crippen molar-refractivity contribution in [1.29, 1.82) is 0 Å². The van der Waals surface area contributed by atoms with E-state index in [4.69, 9.17) is 4.98 Å². The molecule has 2 aliphatic rings. The van der Waals surface area contributed by atoms with Gasteiger partial charge in [0.25, 0.3) is 0 Å². The Kier molecular flexibility index (Phi) is 8.35. The first kappa shape index (κ1) is 28.7. The minimum atomic E-state index is -3.76. The van der Waals surface area contributed by atoms with Crippen LogP contribution in [0, 0.1) is 23.2 Å². The van der Waals surface area contributed by atoms with Gasteiger partial charge in [0.15, 0.2) is 15.0 Å². The van der Waals surface area contributed by atoms with Crippen LogP contribution in [0.5, 0.6) is 0 Å². The highest BCUT2D eigenvalue weighted by Gasteiger charge is 2.54. The van der Waals surface area contributed by atoms with Gasteiger partial charge >= 0.3 is 0 Å². The number of rotatable bonds is 8. The Morgan fingerprint density at radius 2 is 1.89 bits per heavy atom. The van der Waals surface area contributed by atoms with E-state index in [-0.39, 0.29) is 39.9 Å². The van der Waals surface area contributed by atoms with Crippen molar-refractivity contribution in [2.45, 2.75) is 70.8 Å². The maximum atomic E-state index is 13.1. The SMILES string of the molecule is CCN(CC)C(=O)[C@@H](C)[C@@H]1CC[C@]2(C)Cc3sc(NC(=O)CS(=O)(=O)c4ccccc4)nc3[C@@H](C)[C@@H]2[C@H]1O. The number of thiazole rings is 1. The fourth-order valence-electron chi connectivity index (χ4n) is 6.65. The number of benzene rings is 1. The molecule has 1 fully saturated rings. The van der Waals surface area contributed by atoms with Crippen molar-refractivity contribution in [2.24, 2.45) is 23.2 Å². The lowest BCUT2D eigenvalue weighted by Crippen LogP contribution is -2.53. The molecule has 1 aromatic carbocycles. The van der Waals surface area contributed by atoms with Gasteiger partial charge in [0, 0.05) is 29.8 Å². The molecule has 2 N–H and O–H groups in total. The molecule has 38 heavy (non-hydrogen) atoms. The van der Waals surface area contributed by atoms with Crippen LogP contribution in [0.15, 0.2) is 35.2 Å². The van der Waals surface area contributed by atoms with Gasteiger partial charge in [-0.25, -0.2) is 13.4 Å². The van der Waals surface area contributed by atoms with Crippen LogP contribution in [-0.2, 0) is 25.8 Å². The Hall–Kier alpha value is -2.30. The number of nitrogens with zero attached hydrogens (tertiary/aromatic N) is 2. The number of sulfone groups is 1. The van der Waals surface area contributed by atoms with Crippen LogP contribution in [0.25, 0.3) is 0 Å². The maximum absolute atomic E-state index is 13.1. The summed E-state index contributed by atoms with van der Waals surface area (Å²) in [6, 6.07) is 7.93. The molecule has 1 saturated carbocycles. The van der Waals surface area contributed by atoms with E-state index in [1.807, 2.05) is 25.7 Å². The minimum Gasteiger partial charge on any atom is -0.392 e. The normalized spacial score (nSPS) is 27.6. The zero-order valence-electron chi connectivity index (χ0n) is 22.8. The monoisotopic (exact) mass is 561 g/mol. The second-order valence-corrected chi connectivity index (χ2v) is 14.2. The summed E-state index contributed by atoms with van der Waals surface area (Å²) < 4.78 is 25.2. The van der Waals surface area contributed by atoms with E-state index in [1.54, 1.807) is 18.2 Å². The van der Waals surface area contributed by atoms with Crippen LogP contribution in [0.1, 0.15) is 63.9 Å². The van der Waals surface area contributed by atoms with Crippen LogP contribution in [0.3, 0.4) is 0 Å². The first-order valence-corrected chi connectivity index (χ1v) is 15.9. The molecule has 0 spiro atoms.